The monoisotopic (exact) mass is 428 g/mol. The molecule has 2 aromatic carbocycles. The van der Waals surface area contributed by atoms with Crippen molar-refractivity contribution >= 4 is 61.9 Å². The predicted molar refractivity (Wildman–Crippen MR) is 122 cm³/mol. The molecule has 1 heterocycles. The average molecular weight is 429 g/mol. The van der Waals surface area contributed by atoms with Gasteiger partial charge in [0.1, 0.15) is 6.04 Å². The molecule has 1 amide bonds. The van der Waals surface area contributed by atoms with Gasteiger partial charge in [-0.1, -0.05) is 12.1 Å². The average Bonchev–Trinajstić information content (AvgIpc) is 2.97. The van der Waals surface area contributed by atoms with Crippen molar-refractivity contribution in [3.05, 3.63) is 54.2 Å². The molecular formula is C18H25ClN4O2S2. The third kappa shape index (κ3) is 5.63. The molecule has 1 aromatic heterocycles. The van der Waals surface area contributed by atoms with Gasteiger partial charge < -0.3 is 16.2 Å². The summed E-state index contributed by atoms with van der Waals surface area (Å²) in [7, 11) is 0. The number of carbonyl (C=O) groups is 1. The topological polar surface area (TPSA) is 93.2 Å². The number of aryl methyl sites for hydroxylation is 1. The highest BCUT2D eigenvalue weighted by Crippen LogP contribution is 2.22. The third-order valence-corrected chi connectivity index (χ3v) is 3.91. The van der Waals surface area contributed by atoms with Crippen LogP contribution in [0.2, 0.25) is 0 Å². The maximum absolute atomic E-state index is 12.0. The first-order valence-corrected chi connectivity index (χ1v) is 7.75. The molecule has 0 aliphatic heterocycles. The second-order valence-corrected chi connectivity index (χ2v) is 5.92. The van der Waals surface area contributed by atoms with E-state index in [0.717, 1.165) is 22.2 Å². The first kappa shape index (κ1) is 25.3. The number of carbonyl (C=O) groups excluding carboxylic acids is 1. The van der Waals surface area contributed by atoms with Crippen molar-refractivity contribution in [3.63, 3.8) is 0 Å². The first-order chi connectivity index (χ1) is 11.5. The predicted octanol–water partition coefficient (Wildman–Crippen LogP) is 2.63. The minimum Gasteiger partial charge on any atom is -0.391 e. The second-order valence-electron chi connectivity index (χ2n) is 5.92. The summed E-state index contributed by atoms with van der Waals surface area (Å²) in [6, 6.07) is 12.6. The van der Waals surface area contributed by atoms with E-state index >= 15 is 0 Å². The van der Waals surface area contributed by atoms with Gasteiger partial charge in [-0.05, 0) is 49.7 Å². The quantitative estimate of drug-likeness (QED) is 0.595. The van der Waals surface area contributed by atoms with E-state index in [1.54, 1.807) is 12.3 Å². The molecule has 0 fully saturated rings. The van der Waals surface area contributed by atoms with Crippen molar-refractivity contribution in [1.82, 2.24) is 9.78 Å². The summed E-state index contributed by atoms with van der Waals surface area (Å²) < 4.78 is 1.83. The largest absolute Gasteiger partial charge is 0.391 e. The zero-order valence-electron chi connectivity index (χ0n) is 15.0. The second kappa shape index (κ2) is 10.6. The Morgan fingerprint density at radius 3 is 2.56 bits per heavy atom. The molecule has 0 bridgehead atoms. The summed E-state index contributed by atoms with van der Waals surface area (Å²) in [6.07, 6.45) is 0.872. The molecule has 0 aliphatic rings. The number of aromatic nitrogens is 2. The molecule has 0 aliphatic carbocycles. The lowest BCUT2D eigenvalue weighted by atomic mass is 10.1. The van der Waals surface area contributed by atoms with Crippen LogP contribution in [0.1, 0.15) is 12.5 Å². The number of nitrogens with zero attached hydrogens (tertiary/aromatic N) is 2. The van der Waals surface area contributed by atoms with Crippen molar-refractivity contribution in [2.75, 3.05) is 5.32 Å². The van der Waals surface area contributed by atoms with Gasteiger partial charge in [0.15, 0.2) is 0 Å². The molecule has 9 heteroatoms. The molecule has 0 saturated heterocycles. The Kier molecular flexibility index (Phi) is 9.91. The molecule has 6 nitrogen and oxygen atoms in total. The van der Waals surface area contributed by atoms with Crippen LogP contribution in [0.5, 0.6) is 0 Å². The van der Waals surface area contributed by atoms with Crippen LogP contribution >= 0.6 is 39.4 Å². The lowest BCUT2D eigenvalue weighted by molar-refractivity contribution is -0.119. The minimum atomic E-state index is -0.970. The molecule has 0 spiro atoms. The van der Waals surface area contributed by atoms with E-state index in [2.05, 4.69) is 10.4 Å². The molecule has 148 valence electrons. The van der Waals surface area contributed by atoms with Crippen LogP contribution in [0.4, 0.5) is 5.69 Å². The van der Waals surface area contributed by atoms with Gasteiger partial charge in [-0.25, -0.2) is 4.68 Å². The summed E-state index contributed by atoms with van der Waals surface area (Å²) >= 11 is 0. The number of fused-ring (bicyclic) bond motifs is 1. The number of nitrogens with two attached hydrogens (primary N) is 1. The van der Waals surface area contributed by atoms with Gasteiger partial charge in [0.25, 0.3) is 0 Å². The number of rotatable bonds is 4. The van der Waals surface area contributed by atoms with Gasteiger partial charge in [0.05, 0.1) is 23.5 Å². The number of halogens is 1. The highest BCUT2D eigenvalue weighted by atomic mass is 35.5. The molecule has 0 radical (unpaired) electrons. The zero-order valence-corrected chi connectivity index (χ0v) is 17.8. The summed E-state index contributed by atoms with van der Waals surface area (Å²) in [5.41, 5.74) is 9.24. The van der Waals surface area contributed by atoms with Crippen molar-refractivity contribution in [3.8, 4) is 5.69 Å². The molecule has 27 heavy (non-hydrogen) atoms. The SMILES string of the molecule is Cc1cccc(-n2ncc3ccc(NC(=O)[C@@H](N)[C@H](C)O)cc32)c1.Cl.S.S. The third-order valence-electron chi connectivity index (χ3n) is 3.91. The number of benzene rings is 2. The number of anilines is 1. The fraction of sp³-hybridized carbons (Fsp3) is 0.222. The van der Waals surface area contributed by atoms with Crippen LogP contribution in [-0.4, -0.2) is 32.9 Å². The minimum absolute atomic E-state index is 0. The lowest BCUT2D eigenvalue weighted by Gasteiger charge is -2.14. The summed E-state index contributed by atoms with van der Waals surface area (Å²) in [4.78, 5) is 12.0. The normalized spacial score (nSPS) is 12.1. The Morgan fingerprint density at radius 2 is 1.93 bits per heavy atom. The van der Waals surface area contributed by atoms with E-state index in [1.807, 2.05) is 48.0 Å². The molecule has 2 atom stereocenters. The van der Waals surface area contributed by atoms with E-state index < -0.39 is 18.1 Å². The number of aliphatic hydroxyl groups excluding tert-OH is 1. The molecule has 0 saturated carbocycles. The van der Waals surface area contributed by atoms with Crippen molar-refractivity contribution < 1.29 is 9.90 Å². The van der Waals surface area contributed by atoms with E-state index in [-0.39, 0.29) is 39.4 Å². The van der Waals surface area contributed by atoms with Crippen LogP contribution < -0.4 is 11.1 Å². The van der Waals surface area contributed by atoms with Crippen molar-refractivity contribution in [2.45, 2.75) is 26.0 Å². The molecule has 3 aromatic rings. The fourth-order valence-corrected chi connectivity index (χ4v) is 2.51. The molecule has 4 N–H and O–H groups in total. The van der Waals surface area contributed by atoms with Gasteiger partial charge in [-0.15, -0.1) is 12.4 Å². The van der Waals surface area contributed by atoms with E-state index in [0.29, 0.717) is 5.69 Å². The Bertz CT molecular complexity index is 902. The van der Waals surface area contributed by atoms with Gasteiger partial charge in [0.2, 0.25) is 5.91 Å². The van der Waals surface area contributed by atoms with Gasteiger partial charge in [-0.2, -0.15) is 32.1 Å². The van der Waals surface area contributed by atoms with Crippen molar-refractivity contribution in [1.29, 1.82) is 0 Å². The fourth-order valence-electron chi connectivity index (χ4n) is 2.51. The maximum Gasteiger partial charge on any atom is 0.243 e. The van der Waals surface area contributed by atoms with E-state index in [9.17, 15) is 9.90 Å². The number of hydrogen-bond donors (Lipinski definition) is 3. The molecule has 3 rings (SSSR count). The van der Waals surface area contributed by atoms with Gasteiger partial charge in [0, 0.05) is 11.1 Å². The van der Waals surface area contributed by atoms with Crippen LogP contribution in [0.3, 0.4) is 0 Å². The lowest BCUT2D eigenvalue weighted by Crippen LogP contribution is -2.43. The van der Waals surface area contributed by atoms with E-state index in [4.69, 9.17) is 5.73 Å². The summed E-state index contributed by atoms with van der Waals surface area (Å²) in [6.45, 7) is 3.51. The Hall–Kier alpha value is -1.71. The number of amides is 1. The highest BCUT2D eigenvalue weighted by molar-refractivity contribution is 7.59. The molecule has 0 unspecified atom stereocenters. The van der Waals surface area contributed by atoms with Gasteiger partial charge >= 0.3 is 0 Å². The van der Waals surface area contributed by atoms with Crippen LogP contribution in [-0.2, 0) is 4.79 Å². The van der Waals surface area contributed by atoms with Crippen LogP contribution in [0.25, 0.3) is 16.6 Å². The number of hydrogen-bond acceptors (Lipinski definition) is 4. The standard InChI is InChI=1S/C18H20N4O2.ClH.2H2S/c1-11-4-3-5-15(8-11)22-16-9-14(7-6-13(16)10-20-22)21-18(24)17(19)12(2)23;;;/h3-10,12,17,23H,19H2,1-2H3,(H,21,24);1H;2*1H2/t12-,17-;;;/m0.../s1. The van der Waals surface area contributed by atoms with Crippen molar-refractivity contribution in [2.24, 2.45) is 5.73 Å². The van der Waals surface area contributed by atoms with Crippen LogP contribution in [0, 0.1) is 6.92 Å². The van der Waals surface area contributed by atoms with Gasteiger partial charge in [-0.3, -0.25) is 4.79 Å². The molecular weight excluding hydrogens is 404 g/mol. The summed E-state index contributed by atoms with van der Waals surface area (Å²) in [5, 5.41) is 17.6. The highest BCUT2D eigenvalue weighted by Gasteiger charge is 2.19. The Morgan fingerprint density at radius 1 is 1.22 bits per heavy atom. The number of nitrogens with one attached hydrogen (secondary N) is 1. The Balaban J connectivity index is 0.00000225. The van der Waals surface area contributed by atoms with E-state index in [1.165, 1.54) is 6.92 Å². The summed E-state index contributed by atoms with van der Waals surface area (Å²) in [5.74, 6) is -0.425. The Labute approximate surface area is 178 Å². The van der Waals surface area contributed by atoms with Crippen LogP contribution in [0.15, 0.2) is 48.7 Å². The number of aliphatic hydroxyl groups is 1. The first-order valence-electron chi connectivity index (χ1n) is 7.75. The zero-order chi connectivity index (χ0) is 17.3. The maximum atomic E-state index is 12.0. The smallest absolute Gasteiger partial charge is 0.243 e.